The molecule has 0 spiro atoms. The van der Waals surface area contributed by atoms with E-state index >= 15 is 0 Å². The fourth-order valence-corrected chi connectivity index (χ4v) is 2.12. The fourth-order valence-electron chi connectivity index (χ4n) is 2.12. The average molecular weight is 265 g/mol. The molecule has 0 saturated heterocycles. The van der Waals surface area contributed by atoms with Crippen molar-refractivity contribution in [3.05, 3.63) is 28.8 Å². The number of benzene rings is 1. The van der Waals surface area contributed by atoms with Crippen LogP contribution in [0.2, 0.25) is 0 Å². The van der Waals surface area contributed by atoms with E-state index in [0.717, 1.165) is 16.9 Å². The van der Waals surface area contributed by atoms with Gasteiger partial charge in [-0.25, -0.2) is 0 Å². The first kappa shape index (κ1) is 15.5. The predicted octanol–water partition coefficient (Wildman–Crippen LogP) is 2.57. The van der Waals surface area contributed by atoms with Crippen LogP contribution in [0.15, 0.2) is 12.1 Å². The van der Waals surface area contributed by atoms with Gasteiger partial charge in [0.1, 0.15) is 11.3 Å². The Morgan fingerprint density at radius 3 is 2.32 bits per heavy atom. The molecule has 19 heavy (non-hydrogen) atoms. The SMILES string of the molecule is Cc1cc(C)c(OCCCC(C)(N)C(=O)O)c(C)c1. The molecule has 1 aromatic carbocycles. The second-order valence-corrected chi connectivity index (χ2v) is 5.40. The molecule has 0 aliphatic carbocycles. The van der Waals surface area contributed by atoms with Gasteiger partial charge in [0.15, 0.2) is 0 Å². The summed E-state index contributed by atoms with van der Waals surface area (Å²) in [4.78, 5) is 10.9. The van der Waals surface area contributed by atoms with Gasteiger partial charge in [-0.1, -0.05) is 17.7 Å². The van der Waals surface area contributed by atoms with Crippen LogP contribution in [0.25, 0.3) is 0 Å². The summed E-state index contributed by atoms with van der Waals surface area (Å²) in [6.45, 7) is 8.08. The van der Waals surface area contributed by atoms with Gasteiger partial charge in [0, 0.05) is 0 Å². The Kier molecular flexibility index (Phi) is 4.95. The zero-order valence-electron chi connectivity index (χ0n) is 12.1. The van der Waals surface area contributed by atoms with Gasteiger partial charge in [-0.05, 0) is 51.7 Å². The van der Waals surface area contributed by atoms with Crippen LogP contribution >= 0.6 is 0 Å². The van der Waals surface area contributed by atoms with E-state index in [9.17, 15) is 4.79 Å². The van der Waals surface area contributed by atoms with Crippen LogP contribution in [0, 0.1) is 20.8 Å². The summed E-state index contributed by atoms with van der Waals surface area (Å²) in [6, 6.07) is 4.15. The molecule has 106 valence electrons. The van der Waals surface area contributed by atoms with E-state index in [4.69, 9.17) is 15.6 Å². The zero-order valence-corrected chi connectivity index (χ0v) is 12.1. The van der Waals surface area contributed by atoms with E-state index in [1.807, 2.05) is 13.8 Å². The third-order valence-electron chi connectivity index (χ3n) is 3.18. The third-order valence-corrected chi connectivity index (χ3v) is 3.18. The number of hydrogen-bond acceptors (Lipinski definition) is 3. The lowest BCUT2D eigenvalue weighted by atomic mass is 9.98. The van der Waals surface area contributed by atoms with Gasteiger partial charge in [-0.2, -0.15) is 0 Å². The van der Waals surface area contributed by atoms with Crippen molar-refractivity contribution in [2.75, 3.05) is 6.61 Å². The first-order valence-electron chi connectivity index (χ1n) is 6.47. The van der Waals surface area contributed by atoms with Crippen molar-refractivity contribution in [1.82, 2.24) is 0 Å². The van der Waals surface area contributed by atoms with Crippen LogP contribution in [0.1, 0.15) is 36.5 Å². The van der Waals surface area contributed by atoms with Crippen LogP contribution in [-0.2, 0) is 4.79 Å². The zero-order chi connectivity index (χ0) is 14.6. The molecule has 0 aliphatic heterocycles. The molecule has 0 fully saturated rings. The number of rotatable bonds is 6. The Hall–Kier alpha value is -1.55. The fraction of sp³-hybridized carbons (Fsp3) is 0.533. The number of nitrogens with two attached hydrogens (primary N) is 1. The maximum atomic E-state index is 10.9. The molecule has 0 radical (unpaired) electrons. The molecular weight excluding hydrogens is 242 g/mol. The molecule has 1 atom stereocenters. The van der Waals surface area contributed by atoms with Crippen LogP contribution in [-0.4, -0.2) is 23.2 Å². The lowest BCUT2D eigenvalue weighted by molar-refractivity contribution is -0.142. The first-order chi connectivity index (χ1) is 8.74. The van der Waals surface area contributed by atoms with E-state index in [1.165, 1.54) is 12.5 Å². The number of carbonyl (C=O) groups is 1. The summed E-state index contributed by atoms with van der Waals surface area (Å²) < 4.78 is 5.75. The Balaban J connectivity index is 2.53. The smallest absolute Gasteiger partial charge is 0.323 e. The maximum absolute atomic E-state index is 10.9. The van der Waals surface area contributed by atoms with Crippen LogP contribution < -0.4 is 10.5 Å². The average Bonchev–Trinajstić information content (AvgIpc) is 2.26. The van der Waals surface area contributed by atoms with Gasteiger partial charge in [-0.15, -0.1) is 0 Å². The Labute approximate surface area is 114 Å². The topological polar surface area (TPSA) is 72.5 Å². The number of ether oxygens (including phenoxy) is 1. The number of carboxylic acids is 1. The molecule has 1 aromatic rings. The Morgan fingerprint density at radius 1 is 1.32 bits per heavy atom. The van der Waals surface area contributed by atoms with Crippen molar-refractivity contribution in [3.8, 4) is 5.75 Å². The lowest BCUT2D eigenvalue weighted by Crippen LogP contribution is -2.44. The highest BCUT2D eigenvalue weighted by Gasteiger charge is 2.26. The normalized spacial score (nSPS) is 13.9. The Morgan fingerprint density at radius 2 is 1.84 bits per heavy atom. The van der Waals surface area contributed by atoms with Crippen LogP contribution in [0.5, 0.6) is 5.75 Å². The largest absolute Gasteiger partial charge is 0.493 e. The molecule has 4 nitrogen and oxygen atoms in total. The minimum atomic E-state index is -1.18. The second kappa shape index (κ2) is 6.06. The van der Waals surface area contributed by atoms with Crippen molar-refractivity contribution in [1.29, 1.82) is 0 Å². The minimum absolute atomic E-state index is 0.395. The second-order valence-electron chi connectivity index (χ2n) is 5.40. The van der Waals surface area contributed by atoms with Gasteiger partial charge in [0.25, 0.3) is 0 Å². The molecule has 1 rings (SSSR count). The van der Waals surface area contributed by atoms with Crippen molar-refractivity contribution in [2.45, 2.75) is 46.1 Å². The van der Waals surface area contributed by atoms with E-state index in [2.05, 4.69) is 19.1 Å². The molecule has 0 bridgehead atoms. The number of hydrogen-bond donors (Lipinski definition) is 2. The standard InChI is InChI=1S/C15H23NO3/c1-10-8-11(2)13(12(3)9-10)19-7-5-6-15(4,16)14(17)18/h8-9H,5-7,16H2,1-4H3,(H,17,18). The molecule has 3 N–H and O–H groups in total. The van der Waals surface area contributed by atoms with Crippen molar-refractivity contribution in [2.24, 2.45) is 5.73 Å². The van der Waals surface area contributed by atoms with Gasteiger partial charge in [-0.3, -0.25) is 4.79 Å². The highest BCUT2D eigenvalue weighted by Crippen LogP contribution is 2.24. The Bertz CT molecular complexity index is 443. The lowest BCUT2D eigenvalue weighted by Gasteiger charge is -2.19. The summed E-state index contributed by atoms with van der Waals surface area (Å²) >= 11 is 0. The van der Waals surface area contributed by atoms with E-state index in [0.29, 0.717) is 19.4 Å². The molecule has 0 aromatic heterocycles. The van der Waals surface area contributed by atoms with Crippen LogP contribution in [0.3, 0.4) is 0 Å². The van der Waals surface area contributed by atoms with Crippen molar-refractivity contribution in [3.63, 3.8) is 0 Å². The quantitative estimate of drug-likeness (QED) is 0.775. The van der Waals surface area contributed by atoms with Gasteiger partial charge in [0.2, 0.25) is 0 Å². The van der Waals surface area contributed by atoms with Crippen molar-refractivity contribution >= 4 is 5.97 Å². The molecule has 0 saturated carbocycles. The van der Waals surface area contributed by atoms with E-state index < -0.39 is 11.5 Å². The van der Waals surface area contributed by atoms with Gasteiger partial charge in [0.05, 0.1) is 6.61 Å². The summed E-state index contributed by atoms with van der Waals surface area (Å²) in [5.74, 6) is -0.0881. The highest BCUT2D eigenvalue weighted by molar-refractivity contribution is 5.77. The third kappa shape index (κ3) is 4.24. The molecule has 0 amide bonds. The summed E-state index contributed by atoms with van der Waals surface area (Å²) in [5.41, 5.74) is 7.90. The predicted molar refractivity (Wildman–Crippen MR) is 75.6 cm³/mol. The van der Waals surface area contributed by atoms with Gasteiger partial charge < -0.3 is 15.6 Å². The minimum Gasteiger partial charge on any atom is -0.493 e. The monoisotopic (exact) mass is 265 g/mol. The molecular formula is C15H23NO3. The molecule has 4 heteroatoms. The van der Waals surface area contributed by atoms with Gasteiger partial charge >= 0.3 is 5.97 Å². The summed E-state index contributed by atoms with van der Waals surface area (Å²) in [5, 5.41) is 8.91. The molecule has 1 unspecified atom stereocenters. The number of carboxylic acid groups (broad SMARTS) is 1. The summed E-state index contributed by atoms with van der Waals surface area (Å²) in [7, 11) is 0. The maximum Gasteiger partial charge on any atom is 0.323 e. The number of aryl methyl sites for hydroxylation is 3. The van der Waals surface area contributed by atoms with E-state index in [1.54, 1.807) is 0 Å². The van der Waals surface area contributed by atoms with E-state index in [-0.39, 0.29) is 0 Å². The summed E-state index contributed by atoms with van der Waals surface area (Å²) in [6.07, 6.45) is 1.01. The van der Waals surface area contributed by atoms with Crippen LogP contribution in [0.4, 0.5) is 0 Å². The van der Waals surface area contributed by atoms with Crippen molar-refractivity contribution < 1.29 is 14.6 Å². The highest BCUT2D eigenvalue weighted by atomic mass is 16.5. The first-order valence-corrected chi connectivity index (χ1v) is 6.47. The molecule has 0 heterocycles. The molecule has 0 aliphatic rings. The number of aliphatic carboxylic acids is 1.